The van der Waals surface area contributed by atoms with Crippen molar-refractivity contribution in [3.63, 3.8) is 0 Å². The number of nitrogens with one attached hydrogen (secondary N) is 1. The predicted octanol–water partition coefficient (Wildman–Crippen LogP) is 0.892. The number of aryl methyl sites for hydroxylation is 1. The van der Waals surface area contributed by atoms with Gasteiger partial charge in [-0.1, -0.05) is 11.3 Å². The highest BCUT2D eigenvalue weighted by atomic mass is 32.1. The quantitative estimate of drug-likeness (QED) is 0.793. The number of imidazole rings is 1. The first kappa shape index (κ1) is 9.42. The van der Waals surface area contributed by atoms with Crippen LogP contribution in [0.3, 0.4) is 0 Å². The average Bonchev–Trinajstić information content (AvgIpc) is 2.57. The van der Waals surface area contributed by atoms with Crippen LogP contribution < -0.4 is 5.32 Å². The zero-order valence-electron chi connectivity index (χ0n) is 8.06. The van der Waals surface area contributed by atoms with Crippen LogP contribution in [0.15, 0.2) is 6.20 Å². The number of aliphatic hydroxyl groups is 1. The summed E-state index contributed by atoms with van der Waals surface area (Å²) >= 11 is 1.48. The Morgan fingerprint density at radius 1 is 1.71 bits per heavy atom. The van der Waals surface area contributed by atoms with Gasteiger partial charge in [0.05, 0.1) is 18.0 Å². The smallest absolute Gasteiger partial charge is 0.214 e. The first-order valence-corrected chi connectivity index (χ1v) is 5.21. The van der Waals surface area contributed by atoms with Crippen molar-refractivity contribution >= 4 is 21.4 Å². The summed E-state index contributed by atoms with van der Waals surface area (Å²) in [6.45, 7) is 4.18. The van der Waals surface area contributed by atoms with Gasteiger partial charge in [-0.15, -0.1) is 5.10 Å². The molecule has 0 aromatic carbocycles. The van der Waals surface area contributed by atoms with Crippen LogP contribution in [0.2, 0.25) is 0 Å². The normalized spacial score (nSPS) is 13.4. The summed E-state index contributed by atoms with van der Waals surface area (Å²) in [7, 11) is 0. The Hall–Kier alpha value is -1.14. The van der Waals surface area contributed by atoms with Crippen molar-refractivity contribution in [3.8, 4) is 0 Å². The van der Waals surface area contributed by atoms with Crippen LogP contribution in [0.4, 0.5) is 5.13 Å². The van der Waals surface area contributed by atoms with Crippen LogP contribution in [0.1, 0.15) is 12.6 Å². The van der Waals surface area contributed by atoms with Crippen molar-refractivity contribution in [1.82, 2.24) is 14.6 Å². The zero-order chi connectivity index (χ0) is 10.1. The van der Waals surface area contributed by atoms with Crippen molar-refractivity contribution in [2.75, 3.05) is 11.9 Å². The Labute approximate surface area is 85.4 Å². The highest BCUT2D eigenvalue weighted by molar-refractivity contribution is 7.20. The van der Waals surface area contributed by atoms with Gasteiger partial charge in [-0.3, -0.25) is 0 Å². The van der Waals surface area contributed by atoms with Gasteiger partial charge in [-0.25, -0.2) is 9.50 Å². The Morgan fingerprint density at radius 2 is 2.50 bits per heavy atom. The summed E-state index contributed by atoms with van der Waals surface area (Å²) in [6, 6.07) is 0. The van der Waals surface area contributed by atoms with Crippen LogP contribution in [-0.4, -0.2) is 32.4 Å². The minimum atomic E-state index is -0.368. The second-order valence-electron chi connectivity index (χ2n) is 3.25. The van der Waals surface area contributed by atoms with Gasteiger partial charge >= 0.3 is 0 Å². The zero-order valence-corrected chi connectivity index (χ0v) is 8.88. The van der Waals surface area contributed by atoms with Gasteiger partial charge in [-0.05, 0) is 13.8 Å². The molecule has 14 heavy (non-hydrogen) atoms. The molecule has 1 atom stereocenters. The first-order valence-electron chi connectivity index (χ1n) is 4.40. The molecule has 5 nitrogen and oxygen atoms in total. The molecule has 0 bridgehead atoms. The summed E-state index contributed by atoms with van der Waals surface area (Å²) in [5.74, 6) is 0. The van der Waals surface area contributed by atoms with Gasteiger partial charge in [0.15, 0.2) is 0 Å². The summed E-state index contributed by atoms with van der Waals surface area (Å²) in [5, 5.41) is 17.2. The number of aromatic nitrogens is 3. The lowest BCUT2D eigenvalue weighted by Gasteiger charge is -2.02. The number of anilines is 1. The first-order chi connectivity index (χ1) is 6.65. The lowest BCUT2D eigenvalue weighted by molar-refractivity contribution is 0.208. The largest absolute Gasteiger partial charge is 0.392 e. The van der Waals surface area contributed by atoms with Gasteiger partial charge in [0.25, 0.3) is 0 Å². The highest BCUT2D eigenvalue weighted by Gasteiger charge is 2.05. The van der Waals surface area contributed by atoms with E-state index < -0.39 is 0 Å². The Balaban J connectivity index is 2.15. The molecule has 0 fully saturated rings. The van der Waals surface area contributed by atoms with Crippen LogP contribution in [0.5, 0.6) is 0 Å². The molecule has 0 spiro atoms. The van der Waals surface area contributed by atoms with Crippen LogP contribution in [0.25, 0.3) is 4.96 Å². The molecule has 0 amide bonds. The monoisotopic (exact) mass is 212 g/mol. The maximum Gasteiger partial charge on any atom is 0.214 e. The molecule has 0 saturated carbocycles. The molecule has 2 aromatic heterocycles. The molecule has 0 aliphatic heterocycles. The fraction of sp³-hybridized carbons (Fsp3) is 0.500. The number of hydrogen-bond acceptors (Lipinski definition) is 5. The van der Waals surface area contributed by atoms with E-state index in [2.05, 4.69) is 15.4 Å². The van der Waals surface area contributed by atoms with Gasteiger partial charge < -0.3 is 10.4 Å². The third kappa shape index (κ3) is 1.85. The molecule has 0 saturated heterocycles. The molecule has 2 aromatic rings. The van der Waals surface area contributed by atoms with E-state index in [9.17, 15) is 0 Å². The molecule has 6 heteroatoms. The van der Waals surface area contributed by atoms with Crippen molar-refractivity contribution in [2.24, 2.45) is 0 Å². The van der Waals surface area contributed by atoms with E-state index >= 15 is 0 Å². The number of nitrogens with zero attached hydrogens (tertiary/aromatic N) is 3. The fourth-order valence-corrected chi connectivity index (χ4v) is 1.95. The molecule has 2 N–H and O–H groups in total. The van der Waals surface area contributed by atoms with Crippen molar-refractivity contribution in [2.45, 2.75) is 20.0 Å². The Morgan fingerprint density at radius 3 is 3.14 bits per heavy atom. The van der Waals surface area contributed by atoms with Crippen LogP contribution >= 0.6 is 11.3 Å². The summed E-state index contributed by atoms with van der Waals surface area (Å²) in [6.07, 6.45) is 1.51. The van der Waals surface area contributed by atoms with Crippen LogP contribution in [-0.2, 0) is 0 Å². The molecule has 0 aliphatic rings. The topological polar surface area (TPSA) is 62.5 Å². The SMILES string of the molecule is Cc1cn2nc(NC[C@@H](C)O)sc2n1. The maximum atomic E-state index is 9.08. The van der Waals surface area contributed by atoms with E-state index in [1.165, 1.54) is 11.3 Å². The Kier molecular flexibility index (Phi) is 2.39. The fourth-order valence-electron chi connectivity index (χ4n) is 1.12. The number of hydrogen-bond donors (Lipinski definition) is 2. The van der Waals surface area contributed by atoms with E-state index in [1.54, 1.807) is 11.4 Å². The minimum absolute atomic E-state index is 0.368. The van der Waals surface area contributed by atoms with Crippen molar-refractivity contribution in [3.05, 3.63) is 11.9 Å². The molecular weight excluding hydrogens is 200 g/mol. The molecule has 0 unspecified atom stereocenters. The van der Waals surface area contributed by atoms with Gasteiger partial charge in [0.2, 0.25) is 10.1 Å². The van der Waals surface area contributed by atoms with E-state index in [0.29, 0.717) is 6.54 Å². The second-order valence-corrected chi connectivity index (χ2v) is 4.20. The number of aliphatic hydroxyl groups excluding tert-OH is 1. The molecule has 0 radical (unpaired) electrons. The van der Waals surface area contributed by atoms with E-state index in [1.807, 2.05) is 13.1 Å². The minimum Gasteiger partial charge on any atom is -0.392 e. The van der Waals surface area contributed by atoms with E-state index in [-0.39, 0.29) is 6.10 Å². The molecule has 2 rings (SSSR count). The summed E-state index contributed by atoms with van der Waals surface area (Å²) < 4.78 is 1.74. The van der Waals surface area contributed by atoms with Gasteiger partial charge in [0.1, 0.15) is 0 Å². The lowest BCUT2D eigenvalue weighted by Crippen LogP contribution is -2.15. The van der Waals surface area contributed by atoms with Gasteiger partial charge in [-0.2, -0.15) is 0 Å². The standard InChI is InChI=1S/C8H12N4OS/c1-5-4-12-8(10-5)14-7(11-12)9-3-6(2)13/h4,6,13H,3H2,1-2H3,(H,9,11)/t6-/m1/s1. The second kappa shape index (κ2) is 3.55. The lowest BCUT2D eigenvalue weighted by atomic mass is 10.4. The third-order valence-electron chi connectivity index (χ3n) is 1.71. The molecular formula is C8H12N4OS. The summed E-state index contributed by atoms with van der Waals surface area (Å²) in [5.41, 5.74) is 0.964. The Bertz CT molecular complexity index is 402. The summed E-state index contributed by atoms with van der Waals surface area (Å²) in [4.78, 5) is 5.15. The average molecular weight is 212 g/mol. The van der Waals surface area contributed by atoms with Crippen LogP contribution in [0, 0.1) is 6.92 Å². The third-order valence-corrected chi connectivity index (χ3v) is 2.59. The van der Waals surface area contributed by atoms with Gasteiger partial charge in [0, 0.05) is 6.54 Å². The number of fused-ring (bicyclic) bond motifs is 1. The highest BCUT2D eigenvalue weighted by Crippen LogP contribution is 2.18. The van der Waals surface area contributed by atoms with Crippen molar-refractivity contribution < 1.29 is 5.11 Å². The van der Waals surface area contributed by atoms with Crippen molar-refractivity contribution in [1.29, 1.82) is 0 Å². The maximum absolute atomic E-state index is 9.08. The van der Waals surface area contributed by atoms with E-state index in [4.69, 9.17) is 5.11 Å². The number of rotatable bonds is 3. The predicted molar refractivity (Wildman–Crippen MR) is 55.8 cm³/mol. The molecule has 0 aliphatic carbocycles. The molecule has 76 valence electrons. The molecule has 2 heterocycles. The van der Waals surface area contributed by atoms with E-state index in [0.717, 1.165) is 15.8 Å².